The summed E-state index contributed by atoms with van der Waals surface area (Å²) in [4.78, 5) is 17.1. The summed E-state index contributed by atoms with van der Waals surface area (Å²) in [5, 5.41) is 3.32. The molecular formula is C16H13F2N3OS. The smallest absolute Gasteiger partial charge is 0.263 e. The fourth-order valence-electron chi connectivity index (χ4n) is 2.09. The van der Waals surface area contributed by atoms with E-state index >= 15 is 0 Å². The third-order valence-corrected chi connectivity index (χ3v) is 4.44. The summed E-state index contributed by atoms with van der Waals surface area (Å²) in [6, 6.07) is 7.01. The molecule has 0 saturated heterocycles. The Kier molecular flexibility index (Phi) is 4.20. The summed E-state index contributed by atoms with van der Waals surface area (Å²) in [5.41, 5.74) is 0.836. The summed E-state index contributed by atoms with van der Waals surface area (Å²) in [7, 11) is 0. The first-order valence-electron chi connectivity index (χ1n) is 6.87. The van der Waals surface area contributed by atoms with Gasteiger partial charge in [-0.1, -0.05) is 17.4 Å². The van der Waals surface area contributed by atoms with Crippen LogP contribution in [0.5, 0.6) is 0 Å². The molecule has 2 aromatic heterocycles. The van der Waals surface area contributed by atoms with Crippen molar-refractivity contribution in [1.82, 2.24) is 14.9 Å². The van der Waals surface area contributed by atoms with Crippen molar-refractivity contribution in [3.8, 4) is 5.13 Å². The van der Waals surface area contributed by atoms with Crippen LogP contribution in [0, 0.1) is 18.6 Å². The second-order valence-corrected chi connectivity index (χ2v) is 5.90. The van der Waals surface area contributed by atoms with E-state index in [1.807, 2.05) is 29.1 Å². The van der Waals surface area contributed by atoms with Crippen LogP contribution in [0.2, 0.25) is 0 Å². The quantitative estimate of drug-likeness (QED) is 0.795. The first-order chi connectivity index (χ1) is 11.0. The molecule has 3 rings (SSSR count). The number of aryl methyl sites for hydroxylation is 1. The summed E-state index contributed by atoms with van der Waals surface area (Å²) in [6.07, 6.45) is 3.68. The van der Waals surface area contributed by atoms with Gasteiger partial charge in [-0.2, -0.15) is 0 Å². The lowest BCUT2D eigenvalue weighted by molar-refractivity contribution is 0.0954. The Morgan fingerprint density at radius 3 is 2.74 bits per heavy atom. The molecule has 0 unspecified atom stereocenters. The molecule has 0 aliphatic heterocycles. The number of amides is 1. The highest BCUT2D eigenvalue weighted by molar-refractivity contribution is 7.16. The van der Waals surface area contributed by atoms with Crippen molar-refractivity contribution in [1.29, 1.82) is 0 Å². The SMILES string of the molecule is Cc1nc(-n2cccc2)sc1C(=O)NCc1ccc(F)cc1F. The molecule has 118 valence electrons. The number of carbonyl (C=O) groups is 1. The zero-order chi connectivity index (χ0) is 16.4. The highest BCUT2D eigenvalue weighted by atomic mass is 32.1. The zero-order valence-corrected chi connectivity index (χ0v) is 13.0. The number of nitrogens with zero attached hydrogens (tertiary/aromatic N) is 2. The Balaban J connectivity index is 1.73. The van der Waals surface area contributed by atoms with E-state index in [1.165, 1.54) is 17.4 Å². The summed E-state index contributed by atoms with van der Waals surface area (Å²) in [5.74, 6) is -1.66. The third kappa shape index (κ3) is 3.29. The van der Waals surface area contributed by atoms with Crippen LogP contribution in [-0.4, -0.2) is 15.5 Å². The van der Waals surface area contributed by atoms with Crippen LogP contribution < -0.4 is 5.32 Å². The minimum absolute atomic E-state index is 0.0128. The first-order valence-corrected chi connectivity index (χ1v) is 7.69. The van der Waals surface area contributed by atoms with Crippen molar-refractivity contribution in [3.63, 3.8) is 0 Å². The van der Waals surface area contributed by atoms with E-state index in [2.05, 4.69) is 10.3 Å². The molecule has 7 heteroatoms. The number of thiazole rings is 1. The van der Waals surface area contributed by atoms with Gasteiger partial charge in [-0.25, -0.2) is 13.8 Å². The van der Waals surface area contributed by atoms with Gasteiger partial charge in [0, 0.05) is 30.6 Å². The van der Waals surface area contributed by atoms with Crippen LogP contribution in [0.15, 0.2) is 42.7 Å². The van der Waals surface area contributed by atoms with Crippen LogP contribution >= 0.6 is 11.3 Å². The molecule has 1 amide bonds. The van der Waals surface area contributed by atoms with E-state index in [-0.39, 0.29) is 18.0 Å². The number of halogens is 2. The van der Waals surface area contributed by atoms with Crippen LogP contribution in [-0.2, 0) is 6.54 Å². The highest BCUT2D eigenvalue weighted by Gasteiger charge is 2.16. The maximum atomic E-state index is 13.6. The molecule has 0 atom stereocenters. The number of aromatic nitrogens is 2. The number of benzene rings is 1. The van der Waals surface area contributed by atoms with Crippen molar-refractivity contribution >= 4 is 17.2 Å². The fraction of sp³-hybridized carbons (Fsp3) is 0.125. The van der Waals surface area contributed by atoms with Gasteiger partial charge < -0.3 is 9.88 Å². The molecule has 4 nitrogen and oxygen atoms in total. The highest BCUT2D eigenvalue weighted by Crippen LogP contribution is 2.21. The predicted molar refractivity (Wildman–Crippen MR) is 83.7 cm³/mol. The van der Waals surface area contributed by atoms with Crippen molar-refractivity contribution in [2.24, 2.45) is 0 Å². The summed E-state index contributed by atoms with van der Waals surface area (Å²) in [6.45, 7) is 1.73. The molecule has 0 aliphatic rings. The number of rotatable bonds is 4. The van der Waals surface area contributed by atoms with Crippen LogP contribution in [0.4, 0.5) is 8.78 Å². The van der Waals surface area contributed by atoms with E-state index in [0.29, 0.717) is 15.7 Å². The van der Waals surface area contributed by atoms with E-state index in [0.717, 1.165) is 12.1 Å². The number of nitrogens with one attached hydrogen (secondary N) is 1. The van der Waals surface area contributed by atoms with E-state index in [4.69, 9.17) is 0 Å². The number of hydrogen-bond acceptors (Lipinski definition) is 3. The maximum Gasteiger partial charge on any atom is 0.263 e. The van der Waals surface area contributed by atoms with Crippen molar-refractivity contribution in [2.45, 2.75) is 13.5 Å². The minimum atomic E-state index is -0.681. The molecule has 1 aromatic carbocycles. The topological polar surface area (TPSA) is 46.9 Å². The lowest BCUT2D eigenvalue weighted by Crippen LogP contribution is -2.23. The monoisotopic (exact) mass is 333 g/mol. The van der Waals surface area contributed by atoms with Crippen LogP contribution in [0.1, 0.15) is 20.9 Å². The van der Waals surface area contributed by atoms with E-state index < -0.39 is 11.6 Å². The van der Waals surface area contributed by atoms with Gasteiger partial charge in [-0.3, -0.25) is 4.79 Å². The molecular weight excluding hydrogens is 320 g/mol. The molecule has 0 fully saturated rings. The van der Waals surface area contributed by atoms with Gasteiger partial charge >= 0.3 is 0 Å². The van der Waals surface area contributed by atoms with Crippen LogP contribution in [0.25, 0.3) is 5.13 Å². The van der Waals surface area contributed by atoms with E-state index in [9.17, 15) is 13.6 Å². The Morgan fingerprint density at radius 1 is 1.30 bits per heavy atom. The average Bonchev–Trinajstić information content (AvgIpc) is 3.15. The standard InChI is InChI=1S/C16H13F2N3OS/c1-10-14(23-16(20-10)21-6-2-3-7-21)15(22)19-9-11-4-5-12(17)8-13(11)18/h2-8H,9H2,1H3,(H,19,22). The molecule has 23 heavy (non-hydrogen) atoms. The Hall–Kier alpha value is -2.54. The van der Waals surface area contributed by atoms with Gasteiger partial charge in [0.15, 0.2) is 5.13 Å². The van der Waals surface area contributed by atoms with Gasteiger partial charge in [0.05, 0.1) is 5.69 Å². The molecule has 0 saturated carbocycles. The second kappa shape index (κ2) is 6.29. The molecule has 1 N–H and O–H groups in total. The van der Waals surface area contributed by atoms with Crippen molar-refractivity contribution in [2.75, 3.05) is 0 Å². The molecule has 0 spiro atoms. The molecule has 3 aromatic rings. The maximum absolute atomic E-state index is 13.6. The lowest BCUT2D eigenvalue weighted by atomic mass is 10.2. The normalized spacial score (nSPS) is 10.7. The van der Waals surface area contributed by atoms with Gasteiger partial charge in [0.2, 0.25) is 0 Å². The molecule has 2 heterocycles. The first kappa shape index (κ1) is 15.4. The summed E-state index contributed by atoms with van der Waals surface area (Å²) >= 11 is 1.25. The van der Waals surface area contributed by atoms with Crippen molar-refractivity contribution in [3.05, 3.63) is 70.5 Å². The predicted octanol–water partition coefficient (Wildman–Crippen LogP) is 3.45. The Morgan fingerprint density at radius 2 is 2.04 bits per heavy atom. The number of carbonyl (C=O) groups excluding carboxylic acids is 1. The van der Waals surface area contributed by atoms with Gasteiger partial charge in [0.25, 0.3) is 5.91 Å². The zero-order valence-electron chi connectivity index (χ0n) is 12.2. The Bertz CT molecular complexity index is 843. The molecule has 0 bridgehead atoms. The minimum Gasteiger partial charge on any atom is -0.347 e. The van der Waals surface area contributed by atoms with Crippen molar-refractivity contribution < 1.29 is 13.6 Å². The van der Waals surface area contributed by atoms with E-state index in [1.54, 1.807) is 6.92 Å². The largest absolute Gasteiger partial charge is 0.347 e. The average molecular weight is 333 g/mol. The summed E-state index contributed by atoms with van der Waals surface area (Å²) < 4.78 is 28.2. The lowest BCUT2D eigenvalue weighted by Gasteiger charge is -2.05. The van der Waals surface area contributed by atoms with Gasteiger partial charge in [-0.05, 0) is 25.1 Å². The Labute approximate surface area is 135 Å². The number of hydrogen-bond donors (Lipinski definition) is 1. The van der Waals surface area contributed by atoms with Crippen LogP contribution in [0.3, 0.4) is 0 Å². The fourth-order valence-corrected chi connectivity index (χ4v) is 3.04. The second-order valence-electron chi connectivity index (χ2n) is 4.92. The molecule has 0 radical (unpaired) electrons. The van der Waals surface area contributed by atoms with Gasteiger partial charge in [0.1, 0.15) is 16.5 Å². The van der Waals surface area contributed by atoms with Gasteiger partial charge in [-0.15, -0.1) is 0 Å². The molecule has 0 aliphatic carbocycles. The third-order valence-electron chi connectivity index (χ3n) is 3.27.